The molecular formula is C17H26FN5O2. The molecule has 0 radical (unpaired) electrons. The molecule has 2 aliphatic heterocycles. The highest BCUT2D eigenvalue weighted by molar-refractivity contribution is 5.73. The summed E-state index contributed by atoms with van der Waals surface area (Å²) < 4.78 is 19.5. The highest BCUT2D eigenvalue weighted by Crippen LogP contribution is 2.27. The Labute approximate surface area is 147 Å². The predicted molar refractivity (Wildman–Crippen MR) is 93.2 cm³/mol. The summed E-state index contributed by atoms with van der Waals surface area (Å²) >= 11 is 0. The van der Waals surface area contributed by atoms with Gasteiger partial charge in [-0.2, -0.15) is 4.98 Å². The molecule has 2 saturated heterocycles. The number of carbonyl (C=O) groups excluding carboxylic acids is 1. The molecule has 1 amide bonds. The normalized spacial score (nSPS) is 23.8. The molecule has 3 rings (SSSR count). The van der Waals surface area contributed by atoms with Crippen LogP contribution in [0.25, 0.3) is 0 Å². The number of hydrogen-bond donors (Lipinski definition) is 1. The van der Waals surface area contributed by atoms with E-state index >= 15 is 0 Å². The third-order valence-electron chi connectivity index (χ3n) is 4.80. The van der Waals surface area contributed by atoms with Crippen molar-refractivity contribution in [1.82, 2.24) is 15.3 Å². The molecule has 0 saturated carbocycles. The molecule has 138 valence electrons. The quantitative estimate of drug-likeness (QED) is 0.859. The lowest BCUT2D eigenvalue weighted by Gasteiger charge is -2.28. The van der Waals surface area contributed by atoms with E-state index in [1.54, 1.807) is 0 Å². The van der Waals surface area contributed by atoms with E-state index in [9.17, 15) is 9.18 Å². The van der Waals surface area contributed by atoms with E-state index < -0.39 is 5.82 Å². The van der Waals surface area contributed by atoms with Gasteiger partial charge in [-0.05, 0) is 12.3 Å². The van der Waals surface area contributed by atoms with Crippen LogP contribution in [0.1, 0.15) is 26.7 Å². The predicted octanol–water partition coefficient (Wildman–Crippen LogP) is 1.19. The van der Waals surface area contributed by atoms with E-state index in [0.29, 0.717) is 50.5 Å². The number of hydrogen-bond acceptors (Lipinski definition) is 6. The Morgan fingerprint density at radius 3 is 2.80 bits per heavy atom. The number of carbonyl (C=O) groups is 1. The fourth-order valence-corrected chi connectivity index (χ4v) is 3.62. The van der Waals surface area contributed by atoms with Crippen molar-refractivity contribution < 1.29 is 13.9 Å². The number of anilines is 2. The number of amides is 1. The molecule has 2 fully saturated rings. The summed E-state index contributed by atoms with van der Waals surface area (Å²) in [6.45, 7) is 7.50. The monoisotopic (exact) mass is 351 g/mol. The Kier molecular flexibility index (Phi) is 5.67. The van der Waals surface area contributed by atoms with Crippen LogP contribution < -0.4 is 15.1 Å². The molecule has 1 aromatic heterocycles. The molecule has 1 N–H and O–H groups in total. The van der Waals surface area contributed by atoms with E-state index in [0.717, 1.165) is 19.4 Å². The number of nitrogens with one attached hydrogen (secondary N) is 1. The van der Waals surface area contributed by atoms with Crippen molar-refractivity contribution in [2.24, 2.45) is 5.92 Å². The number of ether oxygens (including phenoxy) is 1. The third-order valence-corrected chi connectivity index (χ3v) is 4.80. The van der Waals surface area contributed by atoms with Crippen LogP contribution in [0.5, 0.6) is 0 Å². The Morgan fingerprint density at radius 2 is 2.12 bits per heavy atom. The van der Waals surface area contributed by atoms with Crippen LogP contribution in [0.3, 0.4) is 0 Å². The van der Waals surface area contributed by atoms with Crippen molar-refractivity contribution in [3.63, 3.8) is 0 Å². The average molecular weight is 351 g/mol. The topological polar surface area (TPSA) is 70.6 Å². The number of aromatic nitrogens is 2. The number of rotatable bonds is 5. The second kappa shape index (κ2) is 7.95. The molecule has 0 aromatic carbocycles. The first kappa shape index (κ1) is 17.8. The fraction of sp³-hybridized carbons (Fsp3) is 0.706. The van der Waals surface area contributed by atoms with Gasteiger partial charge >= 0.3 is 0 Å². The van der Waals surface area contributed by atoms with Crippen LogP contribution >= 0.6 is 0 Å². The molecule has 0 aliphatic carbocycles. The zero-order valence-electron chi connectivity index (χ0n) is 14.9. The summed E-state index contributed by atoms with van der Waals surface area (Å²) in [7, 11) is 0. The first-order valence-electron chi connectivity index (χ1n) is 8.95. The van der Waals surface area contributed by atoms with Crippen LogP contribution in [0, 0.1) is 11.7 Å². The number of nitrogens with zero attached hydrogens (tertiary/aromatic N) is 4. The lowest BCUT2D eigenvalue weighted by Crippen LogP contribution is -2.39. The zero-order chi connectivity index (χ0) is 17.8. The van der Waals surface area contributed by atoms with Crippen LogP contribution in [-0.2, 0) is 9.53 Å². The van der Waals surface area contributed by atoms with Gasteiger partial charge < -0.3 is 19.9 Å². The van der Waals surface area contributed by atoms with Crippen molar-refractivity contribution >= 4 is 17.7 Å². The summed E-state index contributed by atoms with van der Waals surface area (Å²) in [5, 5.41) is 3.03. The van der Waals surface area contributed by atoms with Gasteiger partial charge in [-0.25, -0.2) is 9.37 Å². The summed E-state index contributed by atoms with van der Waals surface area (Å²) in [6.07, 6.45) is 3.32. The number of morpholine rings is 1. The summed E-state index contributed by atoms with van der Waals surface area (Å²) in [4.78, 5) is 24.1. The molecule has 2 unspecified atom stereocenters. The molecule has 8 heteroatoms. The standard InChI is InChI=1S/C17H26FN5O2/c1-3-4-13-10-23(11-15(13)20-12(2)24)17-19-9-14(18)16(21-17)22-5-7-25-8-6-22/h9,13,15H,3-8,10-11H2,1-2H3,(H,20,24). The average Bonchev–Trinajstić information content (AvgIpc) is 2.98. The van der Waals surface area contributed by atoms with E-state index in [1.165, 1.54) is 13.1 Å². The lowest BCUT2D eigenvalue weighted by atomic mass is 9.98. The SMILES string of the molecule is CCCC1CN(c2ncc(F)c(N3CCOCC3)n2)CC1NC(C)=O. The van der Waals surface area contributed by atoms with Crippen molar-refractivity contribution in [2.75, 3.05) is 49.2 Å². The van der Waals surface area contributed by atoms with Crippen LogP contribution in [-0.4, -0.2) is 61.3 Å². The van der Waals surface area contributed by atoms with Gasteiger partial charge in [0.05, 0.1) is 25.5 Å². The molecule has 7 nitrogen and oxygen atoms in total. The molecule has 3 heterocycles. The summed E-state index contributed by atoms with van der Waals surface area (Å²) in [5.74, 6) is 0.782. The first-order chi connectivity index (χ1) is 12.1. The maximum absolute atomic E-state index is 14.2. The largest absolute Gasteiger partial charge is 0.378 e. The Balaban J connectivity index is 1.77. The molecule has 25 heavy (non-hydrogen) atoms. The zero-order valence-corrected chi connectivity index (χ0v) is 14.9. The summed E-state index contributed by atoms with van der Waals surface area (Å²) in [5.41, 5.74) is 0. The third kappa shape index (κ3) is 4.18. The highest BCUT2D eigenvalue weighted by Gasteiger charge is 2.34. The Morgan fingerprint density at radius 1 is 1.36 bits per heavy atom. The van der Waals surface area contributed by atoms with Gasteiger partial charge in [-0.3, -0.25) is 4.79 Å². The molecule has 2 atom stereocenters. The van der Waals surface area contributed by atoms with Gasteiger partial charge in [0.15, 0.2) is 11.6 Å². The van der Waals surface area contributed by atoms with Crippen LogP contribution in [0.4, 0.5) is 16.2 Å². The molecular weight excluding hydrogens is 325 g/mol. The van der Waals surface area contributed by atoms with Crippen molar-refractivity contribution in [3.8, 4) is 0 Å². The first-order valence-corrected chi connectivity index (χ1v) is 8.95. The molecule has 2 aliphatic rings. The second-order valence-corrected chi connectivity index (χ2v) is 6.70. The van der Waals surface area contributed by atoms with E-state index in [-0.39, 0.29) is 11.9 Å². The number of halogens is 1. The van der Waals surface area contributed by atoms with Gasteiger partial charge in [0.2, 0.25) is 11.9 Å². The fourth-order valence-electron chi connectivity index (χ4n) is 3.62. The lowest BCUT2D eigenvalue weighted by molar-refractivity contribution is -0.119. The van der Waals surface area contributed by atoms with Gasteiger partial charge in [-0.1, -0.05) is 13.3 Å². The Bertz CT molecular complexity index is 609. The van der Waals surface area contributed by atoms with E-state index in [1.807, 2.05) is 9.80 Å². The van der Waals surface area contributed by atoms with Crippen molar-refractivity contribution in [2.45, 2.75) is 32.7 Å². The molecule has 0 spiro atoms. The van der Waals surface area contributed by atoms with Gasteiger partial charge in [0, 0.05) is 33.1 Å². The van der Waals surface area contributed by atoms with Gasteiger partial charge in [0.1, 0.15) is 0 Å². The van der Waals surface area contributed by atoms with Crippen molar-refractivity contribution in [3.05, 3.63) is 12.0 Å². The van der Waals surface area contributed by atoms with Crippen molar-refractivity contribution in [1.29, 1.82) is 0 Å². The smallest absolute Gasteiger partial charge is 0.227 e. The van der Waals surface area contributed by atoms with Gasteiger partial charge in [0.25, 0.3) is 0 Å². The molecule has 1 aromatic rings. The minimum Gasteiger partial charge on any atom is -0.378 e. The second-order valence-electron chi connectivity index (χ2n) is 6.70. The summed E-state index contributed by atoms with van der Waals surface area (Å²) in [6, 6.07) is 0.0814. The van der Waals surface area contributed by atoms with Crippen LogP contribution in [0.15, 0.2) is 6.20 Å². The molecule has 0 bridgehead atoms. The maximum Gasteiger partial charge on any atom is 0.227 e. The minimum atomic E-state index is -0.409. The van der Waals surface area contributed by atoms with Crippen LogP contribution in [0.2, 0.25) is 0 Å². The van der Waals surface area contributed by atoms with E-state index in [2.05, 4.69) is 22.2 Å². The van der Waals surface area contributed by atoms with Gasteiger partial charge in [-0.15, -0.1) is 0 Å². The minimum absolute atomic E-state index is 0.0259. The maximum atomic E-state index is 14.2. The highest BCUT2D eigenvalue weighted by atomic mass is 19.1. The van der Waals surface area contributed by atoms with E-state index in [4.69, 9.17) is 4.74 Å². The Hall–Kier alpha value is -1.96.